The molecule has 2 amide bonds. The van der Waals surface area contributed by atoms with E-state index in [1.54, 1.807) is 11.0 Å². The number of hydrogen-bond acceptors (Lipinski definition) is 6. The maximum Gasteiger partial charge on any atom is 0.261 e. The van der Waals surface area contributed by atoms with Crippen LogP contribution in [0.4, 0.5) is 5.69 Å². The van der Waals surface area contributed by atoms with Crippen molar-refractivity contribution in [2.24, 2.45) is 0 Å². The first-order chi connectivity index (χ1) is 13.6. The normalized spacial score (nSPS) is 19.4. The molecule has 0 bridgehead atoms. The van der Waals surface area contributed by atoms with E-state index < -0.39 is 5.91 Å². The van der Waals surface area contributed by atoms with Gasteiger partial charge in [0.1, 0.15) is 16.9 Å². The lowest BCUT2D eigenvalue weighted by molar-refractivity contribution is -0.129. The second kappa shape index (κ2) is 11.4. The number of amides is 2. The maximum absolute atomic E-state index is 12.7. The van der Waals surface area contributed by atoms with Crippen LogP contribution < -0.4 is 10.6 Å². The van der Waals surface area contributed by atoms with Gasteiger partial charge in [0.15, 0.2) is 0 Å². The molecular formula is C20H26N4O3S. The van der Waals surface area contributed by atoms with Crippen molar-refractivity contribution in [3.05, 3.63) is 42.0 Å². The maximum atomic E-state index is 12.7. The fourth-order valence-electron chi connectivity index (χ4n) is 2.82. The summed E-state index contributed by atoms with van der Waals surface area (Å²) >= 11 is 1.44. The summed E-state index contributed by atoms with van der Waals surface area (Å²) in [6, 6.07) is 11.6. The third-order valence-corrected chi connectivity index (χ3v) is 5.69. The average Bonchev–Trinajstić information content (AvgIpc) is 3.02. The summed E-state index contributed by atoms with van der Waals surface area (Å²) in [5, 5.41) is 23.4. The molecule has 0 saturated carbocycles. The van der Waals surface area contributed by atoms with Gasteiger partial charge in [0.2, 0.25) is 5.91 Å². The lowest BCUT2D eigenvalue weighted by Gasteiger charge is -2.19. The smallest absolute Gasteiger partial charge is 0.261 e. The first-order valence-corrected chi connectivity index (χ1v) is 10.3. The molecule has 1 aromatic carbocycles. The van der Waals surface area contributed by atoms with Crippen molar-refractivity contribution in [3.8, 4) is 6.07 Å². The van der Waals surface area contributed by atoms with E-state index in [9.17, 15) is 14.9 Å². The van der Waals surface area contributed by atoms with Crippen molar-refractivity contribution in [2.45, 2.75) is 30.4 Å². The van der Waals surface area contributed by atoms with E-state index in [4.69, 9.17) is 5.11 Å². The average molecular weight is 403 g/mol. The molecule has 1 saturated heterocycles. The van der Waals surface area contributed by atoms with Gasteiger partial charge in [-0.1, -0.05) is 18.2 Å². The summed E-state index contributed by atoms with van der Waals surface area (Å²) in [7, 11) is 0. The van der Waals surface area contributed by atoms with E-state index in [2.05, 4.69) is 10.6 Å². The molecule has 0 aromatic heterocycles. The number of anilines is 1. The molecule has 1 aliphatic rings. The number of aliphatic hydroxyl groups excluding tert-OH is 1. The fraction of sp³-hybridized carbons (Fsp3) is 0.450. The minimum atomic E-state index is -0.449. The van der Waals surface area contributed by atoms with Crippen LogP contribution in [-0.2, 0) is 9.59 Å². The fourth-order valence-corrected chi connectivity index (χ4v) is 4.20. The molecular weight excluding hydrogens is 376 g/mol. The Bertz CT molecular complexity index is 733. The standard InChI is InChI=1S/C20H26N4O3S/c1-2-24-18(12-15(13-21)19(26)22-10-6-7-11-25)28-17(20(24)27)14-23-16-8-4-3-5-9-16/h3-5,8-9,12,17-18,23,25H,2,6-7,10-11,14H2,1H3,(H,22,26). The predicted molar refractivity (Wildman–Crippen MR) is 111 cm³/mol. The molecule has 0 aliphatic carbocycles. The number of nitrogens with one attached hydrogen (secondary N) is 2. The Morgan fingerprint density at radius 1 is 1.36 bits per heavy atom. The summed E-state index contributed by atoms with van der Waals surface area (Å²) in [6.45, 7) is 3.33. The molecule has 150 valence electrons. The molecule has 2 unspecified atom stereocenters. The van der Waals surface area contributed by atoms with Gasteiger partial charge in [-0.25, -0.2) is 0 Å². The van der Waals surface area contributed by atoms with Crippen molar-refractivity contribution < 1.29 is 14.7 Å². The van der Waals surface area contributed by atoms with Crippen LogP contribution in [0.2, 0.25) is 0 Å². The first-order valence-electron chi connectivity index (χ1n) is 9.36. The van der Waals surface area contributed by atoms with Gasteiger partial charge in [0, 0.05) is 31.9 Å². The Morgan fingerprint density at radius 2 is 2.11 bits per heavy atom. The second-order valence-electron chi connectivity index (χ2n) is 6.27. The predicted octanol–water partition coefficient (Wildman–Crippen LogP) is 1.73. The van der Waals surface area contributed by atoms with Crippen LogP contribution in [0.3, 0.4) is 0 Å². The highest BCUT2D eigenvalue weighted by Gasteiger charge is 2.38. The molecule has 2 atom stereocenters. The molecule has 2 rings (SSSR count). The number of hydrogen-bond donors (Lipinski definition) is 3. The van der Waals surface area contributed by atoms with E-state index in [1.807, 2.05) is 43.3 Å². The lowest BCUT2D eigenvalue weighted by Crippen LogP contribution is -2.36. The van der Waals surface area contributed by atoms with Gasteiger partial charge in [-0.05, 0) is 38.0 Å². The summed E-state index contributed by atoms with van der Waals surface area (Å²) in [6.07, 6.45) is 2.81. The molecule has 1 heterocycles. The Labute approximate surface area is 169 Å². The van der Waals surface area contributed by atoms with Gasteiger partial charge in [0.05, 0.1) is 5.37 Å². The highest BCUT2D eigenvalue weighted by atomic mass is 32.2. The van der Waals surface area contributed by atoms with E-state index in [0.29, 0.717) is 32.5 Å². The Kier molecular flexibility index (Phi) is 8.85. The molecule has 0 radical (unpaired) electrons. The number of aliphatic hydroxyl groups is 1. The number of carbonyl (C=O) groups is 2. The zero-order valence-electron chi connectivity index (χ0n) is 15.9. The molecule has 8 heteroatoms. The Hall–Kier alpha value is -2.50. The number of thioether (sulfide) groups is 1. The zero-order valence-corrected chi connectivity index (χ0v) is 16.7. The summed E-state index contributed by atoms with van der Waals surface area (Å²) in [5.41, 5.74) is 0.947. The summed E-state index contributed by atoms with van der Waals surface area (Å²) in [5.74, 6) is -0.451. The number of para-hydroxylation sites is 1. The minimum absolute atomic E-state index is 0.00201. The van der Waals surface area contributed by atoms with Gasteiger partial charge in [0.25, 0.3) is 5.91 Å². The zero-order chi connectivity index (χ0) is 20.4. The van der Waals surface area contributed by atoms with Crippen molar-refractivity contribution in [3.63, 3.8) is 0 Å². The van der Waals surface area contributed by atoms with Gasteiger partial charge in [-0.15, -0.1) is 11.8 Å². The molecule has 7 nitrogen and oxygen atoms in total. The summed E-state index contributed by atoms with van der Waals surface area (Å²) < 4.78 is 0. The van der Waals surface area contributed by atoms with Crippen LogP contribution in [-0.4, -0.2) is 58.7 Å². The van der Waals surface area contributed by atoms with Crippen LogP contribution in [0.15, 0.2) is 42.0 Å². The summed E-state index contributed by atoms with van der Waals surface area (Å²) in [4.78, 5) is 26.6. The van der Waals surface area contributed by atoms with Crippen molar-refractivity contribution in [1.29, 1.82) is 5.26 Å². The van der Waals surface area contributed by atoms with Crippen LogP contribution in [0.25, 0.3) is 0 Å². The highest BCUT2D eigenvalue weighted by Crippen LogP contribution is 2.33. The highest BCUT2D eigenvalue weighted by molar-refractivity contribution is 8.01. The molecule has 28 heavy (non-hydrogen) atoms. The van der Waals surface area contributed by atoms with Gasteiger partial charge >= 0.3 is 0 Å². The third kappa shape index (κ3) is 6.01. The molecule has 1 aliphatic heterocycles. The van der Waals surface area contributed by atoms with Gasteiger partial charge in [-0.2, -0.15) is 5.26 Å². The molecule has 0 spiro atoms. The first kappa shape index (κ1) is 21.8. The van der Waals surface area contributed by atoms with Crippen LogP contribution in [0.5, 0.6) is 0 Å². The van der Waals surface area contributed by atoms with E-state index in [-0.39, 0.29) is 28.7 Å². The molecule has 3 N–H and O–H groups in total. The van der Waals surface area contributed by atoms with Crippen LogP contribution >= 0.6 is 11.8 Å². The van der Waals surface area contributed by atoms with Crippen molar-refractivity contribution in [1.82, 2.24) is 10.2 Å². The van der Waals surface area contributed by atoms with Gasteiger partial charge in [-0.3, -0.25) is 9.59 Å². The Morgan fingerprint density at radius 3 is 2.75 bits per heavy atom. The number of carbonyl (C=O) groups excluding carboxylic acids is 2. The van der Waals surface area contributed by atoms with E-state index in [0.717, 1.165) is 5.69 Å². The number of rotatable bonds is 10. The van der Waals surface area contributed by atoms with Gasteiger partial charge < -0.3 is 20.6 Å². The Balaban J connectivity index is 2.00. The van der Waals surface area contributed by atoms with Crippen LogP contribution in [0, 0.1) is 11.3 Å². The minimum Gasteiger partial charge on any atom is -0.396 e. The van der Waals surface area contributed by atoms with E-state index in [1.165, 1.54) is 11.8 Å². The number of nitrogens with zero attached hydrogens (tertiary/aromatic N) is 2. The molecule has 1 fully saturated rings. The number of unbranched alkanes of at least 4 members (excludes halogenated alkanes) is 1. The SMILES string of the molecule is CCN1C(=O)C(CNc2ccccc2)SC1C=C(C#N)C(=O)NCCCCO. The monoisotopic (exact) mass is 402 g/mol. The van der Waals surface area contributed by atoms with Crippen LogP contribution in [0.1, 0.15) is 19.8 Å². The quantitative estimate of drug-likeness (QED) is 0.313. The number of nitriles is 1. The topological polar surface area (TPSA) is 105 Å². The lowest BCUT2D eigenvalue weighted by atomic mass is 10.2. The third-order valence-electron chi connectivity index (χ3n) is 4.32. The van der Waals surface area contributed by atoms with Crippen molar-refractivity contribution >= 4 is 29.3 Å². The number of likely N-dealkylation sites (N-methyl/N-ethyl adjacent to an activating group) is 1. The van der Waals surface area contributed by atoms with E-state index >= 15 is 0 Å². The largest absolute Gasteiger partial charge is 0.396 e. The number of benzene rings is 1. The molecule has 1 aromatic rings. The van der Waals surface area contributed by atoms with Crippen molar-refractivity contribution in [2.75, 3.05) is 31.6 Å². The second-order valence-corrected chi connectivity index (χ2v) is 7.59.